The van der Waals surface area contributed by atoms with Gasteiger partial charge < -0.3 is 4.90 Å². The second-order valence-corrected chi connectivity index (χ2v) is 4.95. The van der Waals surface area contributed by atoms with Gasteiger partial charge in [0.15, 0.2) is 0 Å². The summed E-state index contributed by atoms with van der Waals surface area (Å²) in [6.07, 6.45) is 2.15. The normalized spacial score (nSPS) is 19.0. The Morgan fingerprint density at radius 2 is 2.11 bits per heavy atom. The smallest absolute Gasteiger partial charge is 0.298 e. The third-order valence-electron chi connectivity index (χ3n) is 3.28. The van der Waals surface area contributed by atoms with Gasteiger partial charge in [0.25, 0.3) is 5.91 Å². The van der Waals surface area contributed by atoms with Crippen molar-refractivity contribution >= 4 is 17.5 Å². The molecule has 2 nitrogen and oxygen atoms in total. The molecular weight excluding hydrogens is 246 g/mol. The standard InChI is InChI=1S/C15H16ClNO/c1-2-4-15(18)17-10-3-5-13(11-17)12-6-8-14(16)9-7-12/h6-9,13H,3,5,10-11H2,1H3/t13-/m1/s1. The highest BCUT2D eigenvalue weighted by Gasteiger charge is 2.23. The van der Waals surface area contributed by atoms with Gasteiger partial charge >= 0.3 is 0 Å². The average molecular weight is 262 g/mol. The summed E-state index contributed by atoms with van der Waals surface area (Å²) >= 11 is 5.89. The van der Waals surface area contributed by atoms with Gasteiger partial charge in [-0.2, -0.15) is 0 Å². The van der Waals surface area contributed by atoms with Crippen LogP contribution in [0.25, 0.3) is 0 Å². The lowest BCUT2D eigenvalue weighted by atomic mass is 9.90. The van der Waals surface area contributed by atoms with E-state index in [1.165, 1.54) is 5.56 Å². The maximum absolute atomic E-state index is 11.8. The number of benzene rings is 1. The summed E-state index contributed by atoms with van der Waals surface area (Å²) in [4.78, 5) is 13.6. The molecule has 1 aromatic carbocycles. The van der Waals surface area contributed by atoms with Crippen molar-refractivity contribution < 1.29 is 4.79 Å². The first kappa shape index (κ1) is 13.0. The van der Waals surface area contributed by atoms with E-state index in [-0.39, 0.29) is 5.91 Å². The third kappa shape index (κ3) is 3.05. The highest BCUT2D eigenvalue weighted by molar-refractivity contribution is 6.30. The fraction of sp³-hybridized carbons (Fsp3) is 0.400. The predicted molar refractivity (Wildman–Crippen MR) is 73.5 cm³/mol. The topological polar surface area (TPSA) is 20.3 Å². The molecule has 0 saturated carbocycles. The molecule has 3 heteroatoms. The van der Waals surface area contributed by atoms with Crippen LogP contribution in [-0.4, -0.2) is 23.9 Å². The quantitative estimate of drug-likeness (QED) is 0.712. The van der Waals surface area contributed by atoms with Crippen LogP contribution in [0.15, 0.2) is 24.3 Å². The maximum Gasteiger partial charge on any atom is 0.298 e. The molecule has 1 aromatic rings. The number of carbonyl (C=O) groups excluding carboxylic acids is 1. The van der Waals surface area contributed by atoms with Crippen molar-refractivity contribution in [3.63, 3.8) is 0 Å². The molecular formula is C15H16ClNO. The van der Waals surface area contributed by atoms with Crippen LogP contribution in [0.1, 0.15) is 31.2 Å². The highest BCUT2D eigenvalue weighted by atomic mass is 35.5. The van der Waals surface area contributed by atoms with Gasteiger partial charge in [0.1, 0.15) is 0 Å². The first-order valence-corrected chi connectivity index (χ1v) is 6.55. The zero-order valence-corrected chi connectivity index (χ0v) is 11.2. The van der Waals surface area contributed by atoms with Gasteiger partial charge in [0.05, 0.1) is 0 Å². The SMILES string of the molecule is CC#CC(=O)N1CCC[C@@H](c2ccc(Cl)cc2)C1. The van der Waals surface area contributed by atoms with Gasteiger partial charge in [-0.3, -0.25) is 4.79 Å². The minimum absolute atomic E-state index is 0.0591. The Morgan fingerprint density at radius 3 is 2.78 bits per heavy atom. The predicted octanol–water partition coefficient (Wildman–Crippen LogP) is 3.07. The lowest BCUT2D eigenvalue weighted by Gasteiger charge is -2.31. The molecule has 1 atom stereocenters. The van der Waals surface area contributed by atoms with Crippen molar-refractivity contribution in [3.8, 4) is 11.8 Å². The molecule has 18 heavy (non-hydrogen) atoms. The Bertz CT molecular complexity index is 483. The number of rotatable bonds is 1. The Kier molecular flexibility index (Phi) is 4.28. The van der Waals surface area contributed by atoms with Crippen LogP contribution in [0.3, 0.4) is 0 Å². The lowest BCUT2D eigenvalue weighted by Crippen LogP contribution is -2.38. The second-order valence-electron chi connectivity index (χ2n) is 4.52. The van der Waals surface area contributed by atoms with Crippen molar-refractivity contribution in [2.45, 2.75) is 25.7 Å². The van der Waals surface area contributed by atoms with Crippen LogP contribution in [0.4, 0.5) is 0 Å². The minimum Gasteiger partial charge on any atom is -0.331 e. The molecule has 1 saturated heterocycles. The van der Waals surface area contributed by atoms with Crippen molar-refractivity contribution in [1.82, 2.24) is 4.90 Å². The van der Waals surface area contributed by atoms with Crippen LogP contribution in [0.2, 0.25) is 5.02 Å². The number of carbonyl (C=O) groups is 1. The first-order chi connectivity index (χ1) is 8.70. The number of piperidine rings is 1. The van der Waals surface area contributed by atoms with E-state index in [9.17, 15) is 4.79 Å². The largest absolute Gasteiger partial charge is 0.331 e. The van der Waals surface area contributed by atoms with E-state index >= 15 is 0 Å². The molecule has 2 rings (SSSR count). The van der Waals surface area contributed by atoms with Crippen LogP contribution in [0, 0.1) is 11.8 Å². The van der Waals surface area contributed by atoms with Crippen molar-refractivity contribution in [3.05, 3.63) is 34.9 Å². The molecule has 0 spiro atoms. The summed E-state index contributed by atoms with van der Waals surface area (Å²) in [6.45, 7) is 3.27. The molecule has 94 valence electrons. The van der Waals surface area contributed by atoms with E-state index in [1.807, 2.05) is 29.2 Å². The Morgan fingerprint density at radius 1 is 1.39 bits per heavy atom. The van der Waals surface area contributed by atoms with Crippen LogP contribution >= 0.6 is 11.6 Å². The maximum atomic E-state index is 11.8. The summed E-state index contributed by atoms with van der Waals surface area (Å²) in [5, 5.41) is 0.749. The van der Waals surface area contributed by atoms with Crippen molar-refractivity contribution in [2.75, 3.05) is 13.1 Å². The van der Waals surface area contributed by atoms with Crippen LogP contribution in [-0.2, 0) is 4.79 Å². The number of hydrogen-bond acceptors (Lipinski definition) is 1. The molecule has 1 aliphatic rings. The summed E-state index contributed by atoms with van der Waals surface area (Å²) in [6, 6.07) is 7.91. The second kappa shape index (κ2) is 5.93. The zero-order chi connectivity index (χ0) is 13.0. The van der Waals surface area contributed by atoms with E-state index in [4.69, 9.17) is 11.6 Å². The molecule has 1 aliphatic heterocycles. The van der Waals surface area contributed by atoms with Crippen molar-refractivity contribution in [2.24, 2.45) is 0 Å². The molecule has 0 N–H and O–H groups in total. The third-order valence-corrected chi connectivity index (χ3v) is 3.53. The minimum atomic E-state index is -0.0591. The molecule has 1 heterocycles. The first-order valence-electron chi connectivity index (χ1n) is 6.18. The van der Waals surface area contributed by atoms with Crippen LogP contribution < -0.4 is 0 Å². The Labute approximate surface area is 113 Å². The van der Waals surface area contributed by atoms with E-state index in [0.717, 1.165) is 31.0 Å². The number of hydrogen-bond donors (Lipinski definition) is 0. The number of halogens is 1. The van der Waals surface area contributed by atoms with Crippen molar-refractivity contribution in [1.29, 1.82) is 0 Å². The molecule has 0 bridgehead atoms. The zero-order valence-electron chi connectivity index (χ0n) is 10.4. The van der Waals surface area contributed by atoms with Gasteiger partial charge in [-0.15, -0.1) is 0 Å². The Balaban J connectivity index is 2.08. The summed E-state index contributed by atoms with van der Waals surface area (Å²) in [7, 11) is 0. The fourth-order valence-corrected chi connectivity index (χ4v) is 2.48. The monoisotopic (exact) mass is 261 g/mol. The molecule has 0 radical (unpaired) electrons. The lowest BCUT2D eigenvalue weighted by molar-refractivity contribution is -0.126. The van der Waals surface area contributed by atoms with E-state index in [2.05, 4.69) is 11.8 Å². The fourth-order valence-electron chi connectivity index (χ4n) is 2.35. The number of likely N-dealkylation sites (tertiary alicyclic amines) is 1. The van der Waals surface area contributed by atoms with Gasteiger partial charge in [-0.1, -0.05) is 29.7 Å². The molecule has 1 amide bonds. The van der Waals surface area contributed by atoms with Gasteiger partial charge in [0, 0.05) is 24.0 Å². The highest BCUT2D eigenvalue weighted by Crippen LogP contribution is 2.27. The number of amides is 1. The Hall–Kier alpha value is -1.46. The number of nitrogens with zero attached hydrogens (tertiary/aromatic N) is 1. The van der Waals surface area contributed by atoms with Gasteiger partial charge in [0.2, 0.25) is 0 Å². The van der Waals surface area contributed by atoms with E-state index < -0.39 is 0 Å². The van der Waals surface area contributed by atoms with Gasteiger partial charge in [-0.25, -0.2) is 0 Å². The van der Waals surface area contributed by atoms with Gasteiger partial charge in [-0.05, 0) is 43.4 Å². The van der Waals surface area contributed by atoms with E-state index in [0.29, 0.717) is 5.92 Å². The molecule has 0 aliphatic carbocycles. The molecule has 1 fully saturated rings. The van der Waals surface area contributed by atoms with E-state index in [1.54, 1.807) is 6.92 Å². The summed E-state index contributed by atoms with van der Waals surface area (Å²) < 4.78 is 0. The summed E-state index contributed by atoms with van der Waals surface area (Å²) in [5.74, 6) is 5.62. The molecule has 0 unspecified atom stereocenters. The molecule has 0 aromatic heterocycles. The average Bonchev–Trinajstić information content (AvgIpc) is 2.40. The van der Waals surface area contributed by atoms with Crippen LogP contribution in [0.5, 0.6) is 0 Å². The summed E-state index contributed by atoms with van der Waals surface area (Å²) in [5.41, 5.74) is 1.25.